The second-order valence-corrected chi connectivity index (χ2v) is 11.7. The Morgan fingerprint density at radius 3 is 1.50 bits per heavy atom. The van der Waals surface area contributed by atoms with Gasteiger partial charge in [0.15, 0.2) is 0 Å². The first kappa shape index (κ1) is 21.9. The van der Waals surface area contributed by atoms with Crippen LogP contribution in [0.4, 0.5) is 0 Å². The zero-order chi connectivity index (χ0) is 19.5. The van der Waals surface area contributed by atoms with Crippen molar-refractivity contribution in [2.24, 2.45) is 23.7 Å². The molecule has 2 fully saturated rings. The second kappa shape index (κ2) is 9.18. The number of hydrogen-bond donors (Lipinski definition) is 0. The summed E-state index contributed by atoms with van der Waals surface area (Å²) in [6, 6.07) is 0. The highest BCUT2D eigenvalue weighted by molar-refractivity contribution is 6.59. The average Bonchev–Trinajstić information content (AvgIpc) is 2.54. The monoisotopic (exact) mass is 380 g/mol. The molecule has 4 heteroatoms. The highest BCUT2D eigenvalue weighted by Crippen LogP contribution is 2.39. The molecule has 0 amide bonds. The minimum absolute atomic E-state index is 0.164. The quantitative estimate of drug-likeness (QED) is 0.400. The largest absolute Gasteiger partial charge is 0.497 e. The lowest BCUT2D eigenvalue weighted by Crippen LogP contribution is -2.52. The minimum Gasteiger partial charge on any atom is -0.377 e. The van der Waals surface area contributed by atoms with E-state index in [1.807, 2.05) is 0 Å². The third-order valence-electron chi connectivity index (χ3n) is 6.48. The van der Waals surface area contributed by atoms with Crippen molar-refractivity contribution in [2.75, 3.05) is 7.11 Å². The maximum atomic E-state index is 6.64. The Bertz CT molecular complexity index is 464. The van der Waals surface area contributed by atoms with Crippen LogP contribution in [0.15, 0.2) is 24.3 Å². The normalized spacial score (nSPS) is 35.9. The van der Waals surface area contributed by atoms with Gasteiger partial charge in [-0.05, 0) is 64.2 Å². The van der Waals surface area contributed by atoms with Crippen LogP contribution in [0.5, 0.6) is 0 Å². The summed E-state index contributed by atoms with van der Waals surface area (Å²) in [6.07, 6.45) is 7.28. The lowest BCUT2D eigenvalue weighted by atomic mass is 9.78. The van der Waals surface area contributed by atoms with Crippen LogP contribution < -0.4 is 0 Å². The highest BCUT2D eigenvalue weighted by Gasteiger charge is 2.45. The summed E-state index contributed by atoms with van der Waals surface area (Å²) in [4.78, 5) is 0. The Morgan fingerprint density at radius 2 is 1.19 bits per heavy atom. The Labute approximate surface area is 162 Å². The van der Waals surface area contributed by atoms with Gasteiger partial charge in [-0.2, -0.15) is 0 Å². The Morgan fingerprint density at radius 1 is 0.808 bits per heavy atom. The molecule has 0 N–H and O–H groups in total. The molecule has 2 aliphatic rings. The summed E-state index contributed by atoms with van der Waals surface area (Å²) >= 11 is 0. The van der Waals surface area contributed by atoms with Crippen molar-refractivity contribution < 1.29 is 13.3 Å². The van der Waals surface area contributed by atoms with Gasteiger partial charge in [-0.25, -0.2) is 0 Å². The molecule has 0 heterocycles. The van der Waals surface area contributed by atoms with Crippen LogP contribution in [-0.4, -0.2) is 28.1 Å². The number of hydrogen-bond acceptors (Lipinski definition) is 3. The highest BCUT2D eigenvalue weighted by atomic mass is 28.4. The molecule has 2 saturated carbocycles. The summed E-state index contributed by atoms with van der Waals surface area (Å²) in [5, 5.41) is 0. The molecule has 0 aromatic heterocycles. The molecule has 2 rings (SSSR count). The molecule has 0 radical (unpaired) electrons. The van der Waals surface area contributed by atoms with Gasteiger partial charge in [-0.1, -0.05) is 38.2 Å². The van der Waals surface area contributed by atoms with Crippen molar-refractivity contribution in [1.82, 2.24) is 0 Å². The molecule has 26 heavy (non-hydrogen) atoms. The van der Waals surface area contributed by atoms with Crippen LogP contribution in [0.3, 0.4) is 0 Å². The first-order chi connectivity index (χ1) is 12.1. The molecule has 6 atom stereocenters. The predicted octanol–water partition coefficient (Wildman–Crippen LogP) is 6.00. The fourth-order valence-corrected chi connectivity index (χ4v) is 6.59. The van der Waals surface area contributed by atoms with Gasteiger partial charge < -0.3 is 13.3 Å². The molecule has 150 valence electrons. The van der Waals surface area contributed by atoms with E-state index in [1.165, 1.54) is 24.0 Å². The first-order valence-corrected chi connectivity index (χ1v) is 12.6. The molecule has 0 spiro atoms. The molecule has 3 nitrogen and oxygen atoms in total. The molecule has 2 aliphatic carbocycles. The first-order valence-electron chi connectivity index (χ1n) is 10.4. The lowest BCUT2D eigenvalue weighted by Gasteiger charge is -2.43. The predicted molar refractivity (Wildman–Crippen MR) is 111 cm³/mol. The van der Waals surface area contributed by atoms with Crippen molar-refractivity contribution in [3.63, 3.8) is 0 Å². The maximum Gasteiger partial charge on any atom is 0.497 e. The maximum absolute atomic E-state index is 6.64. The summed E-state index contributed by atoms with van der Waals surface area (Å²) in [7, 11) is -0.969. The van der Waals surface area contributed by atoms with E-state index < -0.39 is 8.80 Å². The summed E-state index contributed by atoms with van der Waals surface area (Å²) in [5.41, 5.74) is 2.45. The van der Waals surface area contributed by atoms with Crippen LogP contribution in [0.1, 0.15) is 66.2 Å². The third-order valence-corrected chi connectivity index (χ3v) is 8.68. The van der Waals surface area contributed by atoms with E-state index in [4.69, 9.17) is 13.3 Å². The van der Waals surface area contributed by atoms with Crippen LogP contribution in [0.25, 0.3) is 0 Å². The van der Waals surface area contributed by atoms with Crippen molar-refractivity contribution >= 4 is 8.80 Å². The fraction of sp³-hybridized carbons (Fsp3) is 0.818. The molecule has 0 bridgehead atoms. The van der Waals surface area contributed by atoms with Crippen molar-refractivity contribution in [1.29, 1.82) is 0 Å². The van der Waals surface area contributed by atoms with Gasteiger partial charge in [0.2, 0.25) is 0 Å². The average molecular weight is 381 g/mol. The van der Waals surface area contributed by atoms with Gasteiger partial charge in [0.1, 0.15) is 0 Å². The van der Waals surface area contributed by atoms with Gasteiger partial charge in [0.25, 0.3) is 0 Å². The van der Waals surface area contributed by atoms with Crippen molar-refractivity contribution in [3.05, 3.63) is 24.3 Å². The molecular weight excluding hydrogens is 340 g/mol. The minimum atomic E-state index is -2.71. The Hall–Kier alpha value is -0.423. The van der Waals surface area contributed by atoms with Gasteiger partial charge in [-0.3, -0.25) is 0 Å². The molecule has 0 aliphatic heterocycles. The summed E-state index contributed by atoms with van der Waals surface area (Å²) in [6.45, 7) is 19.4. The van der Waals surface area contributed by atoms with Gasteiger partial charge in [0.05, 0.1) is 12.2 Å². The topological polar surface area (TPSA) is 27.7 Å². The van der Waals surface area contributed by atoms with Crippen LogP contribution in [-0.2, 0) is 13.3 Å². The SMILES string of the molecule is C=C(C)[C@@H]1CC[C@@H](C)C[C@H]1O[Si](C)(OC)O[C@@H]1C[C@H](C)CC[C@H]1C(=C)C. The molecular formula is C22H40O3Si. The smallest absolute Gasteiger partial charge is 0.377 e. The molecule has 0 unspecified atom stereocenters. The van der Waals surface area contributed by atoms with E-state index >= 15 is 0 Å². The van der Waals surface area contributed by atoms with E-state index in [-0.39, 0.29) is 12.2 Å². The number of rotatable bonds is 7. The van der Waals surface area contributed by atoms with Crippen LogP contribution >= 0.6 is 0 Å². The summed E-state index contributed by atoms with van der Waals surface area (Å²) in [5.74, 6) is 2.20. The standard InChI is InChI=1S/C22H40O3Si/c1-15(2)19-11-9-17(5)13-21(19)24-26(8,23-7)25-22-14-18(6)10-12-20(22)16(3)4/h17-22H,1,3,9-14H2,2,4-8H3/t17-,18-,19+,20+,21-,22-/m1/s1. The Balaban J connectivity index is 2.12. The molecule has 0 aromatic rings. The van der Waals surface area contributed by atoms with Crippen LogP contribution in [0, 0.1) is 23.7 Å². The Kier molecular flexibility index (Phi) is 7.72. The lowest BCUT2D eigenvalue weighted by molar-refractivity contribution is -0.0366. The van der Waals surface area contributed by atoms with Crippen molar-refractivity contribution in [2.45, 2.75) is 85.0 Å². The second-order valence-electron chi connectivity index (χ2n) is 9.12. The third kappa shape index (κ3) is 5.54. The fourth-order valence-electron chi connectivity index (χ4n) is 4.72. The van der Waals surface area contributed by atoms with E-state index in [9.17, 15) is 0 Å². The zero-order valence-electron chi connectivity index (χ0n) is 17.8. The molecule has 0 aromatic carbocycles. The van der Waals surface area contributed by atoms with Crippen LogP contribution in [0.2, 0.25) is 6.55 Å². The molecule has 0 saturated heterocycles. The summed E-state index contributed by atoms with van der Waals surface area (Å²) < 4.78 is 19.2. The van der Waals surface area contributed by atoms with Crippen molar-refractivity contribution in [3.8, 4) is 0 Å². The van der Waals surface area contributed by atoms with Gasteiger partial charge in [-0.15, -0.1) is 0 Å². The zero-order valence-corrected chi connectivity index (χ0v) is 18.8. The van der Waals surface area contributed by atoms with E-state index in [0.717, 1.165) is 25.7 Å². The van der Waals surface area contributed by atoms with E-state index in [1.54, 1.807) is 7.11 Å². The van der Waals surface area contributed by atoms with E-state index in [2.05, 4.69) is 47.4 Å². The van der Waals surface area contributed by atoms with Gasteiger partial charge in [0, 0.05) is 25.5 Å². The van der Waals surface area contributed by atoms with E-state index in [0.29, 0.717) is 23.7 Å². The van der Waals surface area contributed by atoms with Gasteiger partial charge >= 0.3 is 8.80 Å².